The van der Waals surface area contributed by atoms with Gasteiger partial charge in [0.05, 0.1) is 4.90 Å². The number of hydrogen-bond donors (Lipinski definition) is 1. The molecule has 2 aromatic carbocycles. The molecule has 2 aliphatic rings. The Hall–Kier alpha value is -2.22. The second kappa shape index (κ2) is 10.6. The topological polar surface area (TPSA) is 69.7 Å². The van der Waals surface area contributed by atoms with Gasteiger partial charge in [0.2, 0.25) is 15.9 Å². The Morgan fingerprint density at radius 2 is 1.47 bits per heavy atom. The van der Waals surface area contributed by atoms with Crippen LogP contribution in [-0.4, -0.2) is 49.7 Å². The molecule has 0 aromatic heterocycles. The van der Waals surface area contributed by atoms with E-state index in [1.165, 1.54) is 5.56 Å². The fourth-order valence-corrected chi connectivity index (χ4v) is 6.10. The number of likely N-dealkylation sites (tertiary alicyclic amines) is 1. The summed E-state index contributed by atoms with van der Waals surface area (Å²) in [6, 6.07) is 17.0. The fourth-order valence-electron chi connectivity index (χ4n) is 4.58. The molecule has 1 amide bonds. The van der Waals surface area contributed by atoms with E-state index in [2.05, 4.69) is 34.5 Å². The molecule has 0 saturated carbocycles. The van der Waals surface area contributed by atoms with Gasteiger partial charge in [-0.1, -0.05) is 43.2 Å². The van der Waals surface area contributed by atoms with E-state index in [9.17, 15) is 13.2 Å². The molecule has 2 fully saturated rings. The van der Waals surface area contributed by atoms with Gasteiger partial charge in [-0.15, -0.1) is 0 Å². The molecule has 0 unspecified atom stereocenters. The zero-order valence-corrected chi connectivity index (χ0v) is 19.4. The van der Waals surface area contributed by atoms with Gasteiger partial charge in [0.25, 0.3) is 0 Å². The molecule has 7 heteroatoms. The molecule has 6 nitrogen and oxygen atoms in total. The lowest BCUT2D eigenvalue weighted by Gasteiger charge is -2.31. The van der Waals surface area contributed by atoms with Gasteiger partial charge >= 0.3 is 0 Å². The van der Waals surface area contributed by atoms with E-state index in [0.717, 1.165) is 58.2 Å². The zero-order valence-electron chi connectivity index (χ0n) is 18.6. The van der Waals surface area contributed by atoms with Crippen LogP contribution in [-0.2, 0) is 21.4 Å². The highest BCUT2D eigenvalue weighted by Gasteiger charge is 2.27. The Morgan fingerprint density at radius 1 is 0.844 bits per heavy atom. The van der Waals surface area contributed by atoms with Crippen LogP contribution in [0.5, 0.6) is 0 Å². The fraction of sp³-hybridized carbons (Fsp3) is 0.480. The van der Waals surface area contributed by atoms with Crippen LogP contribution in [0.2, 0.25) is 0 Å². The number of piperidine rings is 1. The third kappa shape index (κ3) is 5.77. The lowest BCUT2D eigenvalue weighted by Crippen LogP contribution is -2.37. The Bertz CT molecular complexity index is 977. The van der Waals surface area contributed by atoms with Crippen LogP contribution < -0.4 is 5.32 Å². The second-order valence-electron chi connectivity index (χ2n) is 8.87. The van der Waals surface area contributed by atoms with Crippen molar-refractivity contribution in [1.29, 1.82) is 0 Å². The third-order valence-corrected chi connectivity index (χ3v) is 8.44. The Labute approximate surface area is 191 Å². The predicted octanol–water partition coefficient (Wildman–Crippen LogP) is 4.10. The Kier molecular flexibility index (Phi) is 7.60. The van der Waals surface area contributed by atoms with Crippen LogP contribution >= 0.6 is 0 Å². The summed E-state index contributed by atoms with van der Waals surface area (Å²) in [6.07, 6.45) is 5.67. The van der Waals surface area contributed by atoms with Gasteiger partial charge in [-0.2, -0.15) is 4.31 Å². The van der Waals surface area contributed by atoms with Gasteiger partial charge in [-0.3, -0.25) is 9.69 Å². The van der Waals surface area contributed by atoms with Gasteiger partial charge < -0.3 is 5.32 Å². The first-order valence-corrected chi connectivity index (χ1v) is 13.1. The lowest BCUT2D eigenvalue weighted by molar-refractivity contribution is -0.121. The summed E-state index contributed by atoms with van der Waals surface area (Å²) in [5.74, 6) is 0.00928. The number of carbonyl (C=O) groups excluding carboxylic acids is 1. The minimum Gasteiger partial charge on any atom is -0.326 e. The highest BCUT2D eigenvalue weighted by molar-refractivity contribution is 7.89. The summed E-state index contributed by atoms with van der Waals surface area (Å²) >= 11 is 0. The van der Waals surface area contributed by atoms with Crippen molar-refractivity contribution in [1.82, 2.24) is 9.21 Å². The Morgan fingerprint density at radius 3 is 2.09 bits per heavy atom. The number of carbonyl (C=O) groups is 1. The lowest BCUT2D eigenvalue weighted by atomic mass is 9.95. The van der Waals surface area contributed by atoms with Gasteiger partial charge in [0.15, 0.2) is 0 Å². The Balaban J connectivity index is 1.29. The summed E-state index contributed by atoms with van der Waals surface area (Å²) in [4.78, 5) is 15.4. The molecule has 2 aliphatic heterocycles. The van der Waals surface area contributed by atoms with Crippen LogP contribution in [0.1, 0.15) is 44.1 Å². The SMILES string of the molecule is O=C(Nc1ccc(S(=O)(=O)N2CCCCCC2)cc1)C1CCN(Cc2ccccc2)CC1. The molecule has 2 heterocycles. The second-order valence-corrected chi connectivity index (χ2v) is 10.8. The van der Waals surface area contributed by atoms with E-state index in [1.54, 1.807) is 28.6 Å². The van der Waals surface area contributed by atoms with Crippen LogP contribution in [0.25, 0.3) is 0 Å². The molecule has 2 saturated heterocycles. The first-order valence-electron chi connectivity index (χ1n) is 11.7. The van der Waals surface area contributed by atoms with Gasteiger partial charge in [-0.05, 0) is 68.6 Å². The molecule has 2 aromatic rings. The maximum atomic E-state index is 12.9. The van der Waals surface area contributed by atoms with E-state index in [4.69, 9.17) is 0 Å². The van der Waals surface area contributed by atoms with Crippen molar-refractivity contribution in [2.75, 3.05) is 31.5 Å². The average molecular weight is 456 g/mol. The van der Waals surface area contributed by atoms with E-state index in [1.807, 2.05) is 6.07 Å². The highest BCUT2D eigenvalue weighted by Crippen LogP contribution is 2.24. The average Bonchev–Trinajstić information content (AvgIpc) is 3.11. The minimum absolute atomic E-state index is 0.0115. The van der Waals surface area contributed by atoms with Gasteiger partial charge in [0, 0.05) is 31.2 Å². The van der Waals surface area contributed by atoms with E-state index in [-0.39, 0.29) is 11.8 Å². The quantitative estimate of drug-likeness (QED) is 0.712. The monoisotopic (exact) mass is 455 g/mol. The number of amides is 1. The smallest absolute Gasteiger partial charge is 0.243 e. The number of sulfonamides is 1. The predicted molar refractivity (Wildman–Crippen MR) is 127 cm³/mol. The van der Waals surface area contributed by atoms with E-state index in [0.29, 0.717) is 23.7 Å². The summed E-state index contributed by atoms with van der Waals surface area (Å²) in [7, 11) is -3.47. The summed E-state index contributed by atoms with van der Waals surface area (Å²) < 4.78 is 27.4. The molecule has 4 rings (SSSR count). The van der Waals surface area contributed by atoms with Crippen molar-refractivity contribution >= 4 is 21.6 Å². The van der Waals surface area contributed by atoms with Gasteiger partial charge in [-0.25, -0.2) is 8.42 Å². The van der Waals surface area contributed by atoms with Crippen LogP contribution in [0.3, 0.4) is 0 Å². The number of nitrogens with zero attached hydrogens (tertiary/aromatic N) is 2. The third-order valence-electron chi connectivity index (χ3n) is 6.53. The first kappa shape index (κ1) is 23.0. The maximum Gasteiger partial charge on any atom is 0.243 e. The van der Waals surface area contributed by atoms with Crippen LogP contribution in [0.4, 0.5) is 5.69 Å². The van der Waals surface area contributed by atoms with E-state index >= 15 is 0 Å². The van der Waals surface area contributed by atoms with Crippen LogP contribution in [0.15, 0.2) is 59.5 Å². The summed E-state index contributed by atoms with van der Waals surface area (Å²) in [6.45, 7) is 3.90. The molecule has 172 valence electrons. The largest absolute Gasteiger partial charge is 0.326 e. The first-order chi connectivity index (χ1) is 15.5. The summed E-state index contributed by atoms with van der Waals surface area (Å²) in [5, 5.41) is 2.98. The van der Waals surface area contributed by atoms with Crippen LogP contribution in [0, 0.1) is 5.92 Å². The molecular weight excluding hydrogens is 422 g/mol. The molecule has 0 radical (unpaired) electrons. The summed E-state index contributed by atoms with van der Waals surface area (Å²) in [5.41, 5.74) is 1.95. The standard InChI is InChI=1S/C25H33N3O3S/c29-25(22-14-18-27(19-15-22)20-21-8-4-3-5-9-21)26-23-10-12-24(13-11-23)32(30,31)28-16-6-1-2-7-17-28/h3-5,8-13,22H,1-2,6-7,14-20H2,(H,26,29). The zero-order chi connectivity index (χ0) is 22.4. The number of hydrogen-bond acceptors (Lipinski definition) is 4. The number of anilines is 1. The molecule has 32 heavy (non-hydrogen) atoms. The normalized spacial score (nSPS) is 19.4. The number of nitrogens with one attached hydrogen (secondary N) is 1. The maximum absolute atomic E-state index is 12.9. The molecular formula is C25H33N3O3S. The van der Waals surface area contributed by atoms with Crippen molar-refractivity contribution in [2.24, 2.45) is 5.92 Å². The van der Waals surface area contributed by atoms with Crippen molar-refractivity contribution < 1.29 is 13.2 Å². The van der Waals surface area contributed by atoms with E-state index < -0.39 is 10.0 Å². The molecule has 0 spiro atoms. The van der Waals surface area contributed by atoms with Gasteiger partial charge in [0.1, 0.15) is 0 Å². The molecule has 0 atom stereocenters. The number of rotatable bonds is 6. The molecule has 0 bridgehead atoms. The van der Waals surface area contributed by atoms with Crippen molar-refractivity contribution in [3.8, 4) is 0 Å². The van der Waals surface area contributed by atoms with Crippen molar-refractivity contribution in [3.63, 3.8) is 0 Å². The molecule has 1 N–H and O–H groups in total. The number of benzene rings is 2. The van der Waals surface area contributed by atoms with Crippen molar-refractivity contribution in [2.45, 2.75) is 50.0 Å². The molecule has 0 aliphatic carbocycles. The van der Waals surface area contributed by atoms with Crippen molar-refractivity contribution in [3.05, 3.63) is 60.2 Å². The highest BCUT2D eigenvalue weighted by atomic mass is 32.2. The minimum atomic E-state index is -3.47.